The fraction of sp³-hybridized carbons (Fsp3) is 0.556. The van der Waals surface area contributed by atoms with Gasteiger partial charge < -0.3 is 5.32 Å². The van der Waals surface area contributed by atoms with E-state index in [-0.39, 0.29) is 0 Å². The minimum Gasteiger partial charge on any atom is -0.312 e. The van der Waals surface area contributed by atoms with Crippen molar-refractivity contribution in [1.29, 1.82) is 0 Å². The molecular formula is C9H10BrNS. The van der Waals surface area contributed by atoms with Gasteiger partial charge in [0.05, 0.1) is 3.79 Å². The largest absolute Gasteiger partial charge is 0.312 e. The van der Waals surface area contributed by atoms with E-state index in [4.69, 9.17) is 0 Å². The molecule has 1 fully saturated rings. The van der Waals surface area contributed by atoms with Gasteiger partial charge in [-0.05, 0) is 40.4 Å². The third-order valence-electron chi connectivity index (χ3n) is 2.89. The third-order valence-corrected chi connectivity index (χ3v) is 4.82. The van der Waals surface area contributed by atoms with E-state index in [0.29, 0.717) is 5.41 Å². The van der Waals surface area contributed by atoms with Crippen molar-refractivity contribution in [2.24, 2.45) is 0 Å². The fourth-order valence-corrected chi connectivity index (χ4v) is 3.96. The van der Waals surface area contributed by atoms with E-state index in [1.54, 1.807) is 4.88 Å². The molecule has 2 aliphatic rings. The highest BCUT2D eigenvalue weighted by atomic mass is 79.9. The number of halogens is 1. The number of hydrogen-bond donors (Lipinski definition) is 1. The van der Waals surface area contributed by atoms with Crippen LogP contribution in [0.1, 0.15) is 23.3 Å². The Labute approximate surface area is 84.3 Å². The summed E-state index contributed by atoms with van der Waals surface area (Å²) in [5, 5.41) is 3.49. The summed E-state index contributed by atoms with van der Waals surface area (Å²) in [5.41, 5.74) is 2.08. The topological polar surface area (TPSA) is 12.0 Å². The number of thiophene rings is 1. The fourth-order valence-electron chi connectivity index (χ4n) is 2.05. The number of hydrogen-bond acceptors (Lipinski definition) is 2. The quantitative estimate of drug-likeness (QED) is 0.739. The highest BCUT2D eigenvalue weighted by Gasteiger charge is 2.48. The van der Waals surface area contributed by atoms with Crippen LogP contribution in [0.25, 0.3) is 0 Å². The van der Waals surface area contributed by atoms with Crippen molar-refractivity contribution >= 4 is 27.3 Å². The molecule has 0 atom stereocenters. The first-order chi connectivity index (χ1) is 5.80. The Hall–Kier alpha value is 0.140. The molecule has 1 aliphatic carbocycles. The van der Waals surface area contributed by atoms with Crippen molar-refractivity contribution in [3.8, 4) is 0 Å². The van der Waals surface area contributed by atoms with Crippen LogP contribution in [-0.2, 0) is 12.0 Å². The smallest absolute Gasteiger partial charge is 0.0704 e. The molecule has 1 aromatic rings. The summed E-state index contributed by atoms with van der Waals surface area (Å²) in [6.07, 6.45) is 2.78. The highest BCUT2D eigenvalue weighted by molar-refractivity contribution is 9.11. The van der Waals surface area contributed by atoms with Gasteiger partial charge in [-0.15, -0.1) is 11.3 Å². The first-order valence-electron chi connectivity index (χ1n) is 4.30. The highest BCUT2D eigenvalue weighted by Crippen LogP contribution is 2.53. The molecule has 1 aromatic heterocycles. The lowest BCUT2D eigenvalue weighted by Crippen LogP contribution is -2.31. The second kappa shape index (κ2) is 2.34. The van der Waals surface area contributed by atoms with Gasteiger partial charge in [0.15, 0.2) is 0 Å². The molecule has 1 aliphatic heterocycles. The van der Waals surface area contributed by atoms with Crippen LogP contribution in [0.3, 0.4) is 0 Å². The van der Waals surface area contributed by atoms with Gasteiger partial charge in [-0.2, -0.15) is 0 Å². The third kappa shape index (κ3) is 0.932. The predicted octanol–water partition coefficient (Wildman–Crippen LogP) is 2.65. The molecule has 1 nitrogen and oxygen atoms in total. The average molecular weight is 244 g/mol. The maximum absolute atomic E-state index is 3.56. The van der Waals surface area contributed by atoms with Crippen molar-refractivity contribution in [3.05, 3.63) is 20.3 Å². The first kappa shape index (κ1) is 7.54. The Bertz CT molecular complexity index is 327. The molecule has 0 saturated heterocycles. The van der Waals surface area contributed by atoms with E-state index < -0.39 is 0 Å². The predicted molar refractivity (Wildman–Crippen MR) is 54.6 cm³/mol. The molecule has 1 saturated carbocycles. The summed E-state index contributed by atoms with van der Waals surface area (Å²) >= 11 is 5.50. The van der Waals surface area contributed by atoms with E-state index in [0.717, 1.165) is 6.54 Å². The SMILES string of the molecule is Brc1cc2c(s1)C1(CC1)CNC2. The maximum Gasteiger partial charge on any atom is 0.0704 e. The zero-order chi connectivity index (χ0) is 8.18. The van der Waals surface area contributed by atoms with E-state index in [2.05, 4.69) is 27.3 Å². The first-order valence-corrected chi connectivity index (χ1v) is 5.91. The molecule has 12 heavy (non-hydrogen) atoms. The summed E-state index contributed by atoms with van der Waals surface area (Å²) < 4.78 is 1.29. The maximum atomic E-state index is 3.56. The zero-order valence-electron chi connectivity index (χ0n) is 6.69. The van der Waals surface area contributed by atoms with Crippen molar-refractivity contribution in [2.75, 3.05) is 6.54 Å². The van der Waals surface area contributed by atoms with Gasteiger partial charge in [0.25, 0.3) is 0 Å². The molecule has 0 unspecified atom stereocenters. The van der Waals surface area contributed by atoms with Gasteiger partial charge in [-0.3, -0.25) is 0 Å². The van der Waals surface area contributed by atoms with Crippen LogP contribution in [0.2, 0.25) is 0 Å². The van der Waals surface area contributed by atoms with Crippen molar-refractivity contribution in [3.63, 3.8) is 0 Å². The Balaban J connectivity index is 2.15. The second-order valence-corrected chi connectivity index (χ2v) is 6.22. The van der Waals surface area contributed by atoms with E-state index in [1.165, 1.54) is 28.7 Å². The van der Waals surface area contributed by atoms with Crippen LogP contribution in [0.4, 0.5) is 0 Å². The van der Waals surface area contributed by atoms with Crippen LogP contribution in [0.5, 0.6) is 0 Å². The molecular weight excluding hydrogens is 234 g/mol. The van der Waals surface area contributed by atoms with Gasteiger partial charge in [-0.25, -0.2) is 0 Å². The van der Waals surface area contributed by atoms with Crippen LogP contribution in [-0.4, -0.2) is 6.54 Å². The lowest BCUT2D eigenvalue weighted by molar-refractivity contribution is 0.541. The molecule has 64 valence electrons. The van der Waals surface area contributed by atoms with Gasteiger partial charge in [0, 0.05) is 23.4 Å². The van der Waals surface area contributed by atoms with Crippen molar-refractivity contribution < 1.29 is 0 Å². The summed E-state index contributed by atoms with van der Waals surface area (Å²) in [4.78, 5) is 1.65. The lowest BCUT2D eigenvalue weighted by atomic mass is 9.97. The lowest BCUT2D eigenvalue weighted by Gasteiger charge is -2.22. The van der Waals surface area contributed by atoms with Crippen molar-refractivity contribution in [2.45, 2.75) is 24.8 Å². The van der Waals surface area contributed by atoms with Crippen LogP contribution in [0, 0.1) is 0 Å². The minimum atomic E-state index is 0.560. The molecule has 0 radical (unpaired) electrons. The van der Waals surface area contributed by atoms with E-state index in [9.17, 15) is 0 Å². The summed E-state index contributed by atoms with van der Waals surface area (Å²) in [6, 6.07) is 2.27. The molecule has 0 aromatic carbocycles. The van der Waals surface area contributed by atoms with Gasteiger partial charge in [0.1, 0.15) is 0 Å². The Morgan fingerprint density at radius 1 is 1.50 bits per heavy atom. The minimum absolute atomic E-state index is 0.560. The molecule has 1 spiro atoms. The number of fused-ring (bicyclic) bond motifs is 2. The van der Waals surface area contributed by atoms with Crippen LogP contribution in [0.15, 0.2) is 9.85 Å². The van der Waals surface area contributed by atoms with Gasteiger partial charge in [0.2, 0.25) is 0 Å². The van der Waals surface area contributed by atoms with E-state index >= 15 is 0 Å². The average Bonchev–Trinajstić information content (AvgIpc) is 2.68. The molecule has 1 N–H and O–H groups in total. The van der Waals surface area contributed by atoms with Gasteiger partial charge in [-0.1, -0.05) is 0 Å². The standard InChI is InChI=1S/C9H10BrNS/c10-7-3-6-4-11-5-9(1-2-9)8(6)12-7/h3,11H,1-2,4-5H2. The van der Waals surface area contributed by atoms with E-state index in [1.807, 2.05) is 11.3 Å². The Morgan fingerprint density at radius 2 is 2.33 bits per heavy atom. The zero-order valence-corrected chi connectivity index (χ0v) is 9.09. The van der Waals surface area contributed by atoms with Crippen LogP contribution >= 0.6 is 27.3 Å². The summed E-state index contributed by atoms with van der Waals surface area (Å²) in [6.45, 7) is 2.27. The summed E-state index contributed by atoms with van der Waals surface area (Å²) in [7, 11) is 0. The Morgan fingerprint density at radius 3 is 3.08 bits per heavy atom. The van der Waals surface area contributed by atoms with Crippen molar-refractivity contribution in [1.82, 2.24) is 5.32 Å². The summed E-state index contributed by atoms with van der Waals surface area (Å²) in [5.74, 6) is 0. The van der Waals surface area contributed by atoms with Gasteiger partial charge >= 0.3 is 0 Å². The van der Waals surface area contributed by atoms with Crippen LogP contribution < -0.4 is 5.32 Å². The molecule has 3 heteroatoms. The number of nitrogens with one attached hydrogen (secondary N) is 1. The molecule has 2 heterocycles. The molecule has 3 rings (SSSR count). The Kier molecular flexibility index (Phi) is 1.47. The monoisotopic (exact) mass is 243 g/mol. The second-order valence-electron chi connectivity index (χ2n) is 3.79. The normalized spacial score (nSPS) is 24.1. The molecule has 0 bridgehead atoms. The molecule has 0 amide bonds. The number of rotatable bonds is 0.